The van der Waals surface area contributed by atoms with Gasteiger partial charge in [-0.15, -0.1) is 12.4 Å². The number of nitrogens with one attached hydrogen (secondary N) is 1. The number of hydrogen-bond donors (Lipinski definition) is 1. The molecule has 0 spiro atoms. The van der Waals surface area contributed by atoms with Gasteiger partial charge >= 0.3 is 0 Å². The van der Waals surface area contributed by atoms with Crippen LogP contribution in [0, 0.1) is 0 Å². The van der Waals surface area contributed by atoms with E-state index in [0.29, 0.717) is 15.8 Å². The Morgan fingerprint density at radius 2 is 1.93 bits per heavy atom. The minimum Gasteiger partial charge on any atom is -0.497 e. The van der Waals surface area contributed by atoms with Crippen LogP contribution in [0.15, 0.2) is 50.7 Å². The number of carbonyl (C=O) groups excluding carboxylic acids is 1. The Kier molecular flexibility index (Phi) is 6.13. The predicted octanol–water partition coefficient (Wildman–Crippen LogP) is 4.20. The van der Waals surface area contributed by atoms with E-state index in [0.717, 1.165) is 30.4 Å². The van der Waals surface area contributed by atoms with Gasteiger partial charge in [0.25, 0.3) is 5.91 Å². The third-order valence-corrected chi connectivity index (χ3v) is 5.17. The quantitative estimate of drug-likeness (QED) is 0.772. The summed E-state index contributed by atoms with van der Waals surface area (Å²) in [5.41, 5.74) is 0.754. The Bertz CT molecular complexity index is 871. The molecule has 0 unspecified atom stereocenters. The molecule has 6 nitrogen and oxygen atoms in total. The molecule has 4 rings (SSSR count). The molecule has 2 aliphatic rings. The molecule has 2 aromatic rings. The lowest BCUT2D eigenvalue weighted by Gasteiger charge is -2.12. The van der Waals surface area contributed by atoms with Crippen molar-refractivity contribution < 1.29 is 13.9 Å². The maximum atomic E-state index is 12.2. The Morgan fingerprint density at radius 3 is 2.63 bits per heavy atom. The number of aliphatic imine (C=N–C) groups is 1. The van der Waals surface area contributed by atoms with Crippen LogP contribution >= 0.6 is 24.2 Å². The first kappa shape index (κ1) is 19.4. The number of halogens is 1. The smallest absolute Gasteiger partial charge is 0.264 e. The monoisotopic (exact) mass is 405 g/mol. The average molecular weight is 406 g/mol. The van der Waals surface area contributed by atoms with Crippen LogP contribution < -0.4 is 15.0 Å². The summed E-state index contributed by atoms with van der Waals surface area (Å²) in [6.07, 6.45) is 4.15. The number of rotatable bonds is 4. The van der Waals surface area contributed by atoms with E-state index in [1.807, 2.05) is 36.4 Å². The molecule has 1 amide bonds. The van der Waals surface area contributed by atoms with Crippen LogP contribution in [0.25, 0.3) is 6.08 Å². The zero-order chi connectivity index (χ0) is 17.9. The molecule has 1 aromatic carbocycles. The van der Waals surface area contributed by atoms with Gasteiger partial charge < -0.3 is 19.4 Å². The van der Waals surface area contributed by atoms with Crippen molar-refractivity contribution in [3.8, 4) is 5.75 Å². The maximum absolute atomic E-state index is 12.2. The molecule has 27 heavy (non-hydrogen) atoms. The summed E-state index contributed by atoms with van der Waals surface area (Å²) in [6.45, 7) is 2.05. The molecule has 1 aromatic heterocycles. The average Bonchev–Trinajstić information content (AvgIpc) is 3.38. The molecule has 0 aliphatic carbocycles. The van der Waals surface area contributed by atoms with E-state index in [2.05, 4.69) is 15.2 Å². The first-order valence-corrected chi connectivity index (χ1v) is 9.31. The Morgan fingerprint density at radius 1 is 1.19 bits per heavy atom. The van der Waals surface area contributed by atoms with Crippen molar-refractivity contribution in [2.24, 2.45) is 4.99 Å². The number of furan rings is 1. The van der Waals surface area contributed by atoms with E-state index >= 15 is 0 Å². The van der Waals surface area contributed by atoms with Crippen LogP contribution in [0.1, 0.15) is 18.6 Å². The zero-order valence-electron chi connectivity index (χ0n) is 14.8. The third kappa shape index (κ3) is 4.48. The van der Waals surface area contributed by atoms with Gasteiger partial charge in [-0.1, -0.05) is 0 Å². The van der Waals surface area contributed by atoms with Crippen molar-refractivity contribution in [1.29, 1.82) is 0 Å². The van der Waals surface area contributed by atoms with Gasteiger partial charge in [-0.3, -0.25) is 4.79 Å². The predicted molar refractivity (Wildman–Crippen MR) is 111 cm³/mol. The molecule has 8 heteroatoms. The summed E-state index contributed by atoms with van der Waals surface area (Å²) < 4.78 is 11.0. The van der Waals surface area contributed by atoms with Gasteiger partial charge in [0.05, 0.1) is 17.7 Å². The van der Waals surface area contributed by atoms with Crippen molar-refractivity contribution >= 4 is 52.9 Å². The van der Waals surface area contributed by atoms with Crippen LogP contribution in [-0.4, -0.2) is 31.3 Å². The molecule has 0 atom stereocenters. The van der Waals surface area contributed by atoms with E-state index in [-0.39, 0.29) is 18.3 Å². The first-order chi connectivity index (χ1) is 12.7. The van der Waals surface area contributed by atoms with Gasteiger partial charge in [0.15, 0.2) is 11.1 Å². The Hall–Kier alpha value is -2.38. The number of nitrogens with zero attached hydrogens (tertiary/aromatic N) is 2. The van der Waals surface area contributed by atoms with Gasteiger partial charge in [-0.05, 0) is 54.9 Å². The molecule has 2 fully saturated rings. The number of amidine groups is 1. The standard InChI is InChI=1S/C19H19N3O3S.ClH/c1-24-14-6-4-13(5-7-14)20-19-21-18(23)16(26-19)12-15-8-9-17(25-15)22-10-2-3-11-22;/h4-9,12H,2-3,10-11H2,1H3,(H,20,21,23);1H/b16-12-;. The van der Waals surface area contributed by atoms with Gasteiger partial charge in [-0.25, -0.2) is 4.99 Å². The molecule has 2 saturated heterocycles. The fraction of sp³-hybridized carbons (Fsp3) is 0.263. The molecule has 0 saturated carbocycles. The second kappa shape index (κ2) is 8.54. The van der Waals surface area contributed by atoms with Crippen molar-refractivity contribution in [2.75, 3.05) is 25.1 Å². The second-order valence-electron chi connectivity index (χ2n) is 6.05. The summed E-state index contributed by atoms with van der Waals surface area (Å²) in [7, 11) is 1.62. The SMILES string of the molecule is COc1ccc(N=C2NC(=O)/C(=C/c3ccc(N4CCCC4)o3)S2)cc1.Cl. The molecule has 2 aliphatic heterocycles. The Balaban J connectivity index is 0.00000210. The molecule has 142 valence electrons. The van der Waals surface area contributed by atoms with E-state index in [1.54, 1.807) is 13.2 Å². The third-order valence-electron chi connectivity index (χ3n) is 4.26. The number of ether oxygens (including phenoxy) is 1. The van der Waals surface area contributed by atoms with Gasteiger partial charge in [0.2, 0.25) is 0 Å². The number of anilines is 1. The van der Waals surface area contributed by atoms with Crippen molar-refractivity contribution in [3.63, 3.8) is 0 Å². The second-order valence-corrected chi connectivity index (χ2v) is 7.08. The minimum atomic E-state index is -0.165. The van der Waals surface area contributed by atoms with E-state index in [9.17, 15) is 4.79 Å². The number of benzene rings is 1. The van der Waals surface area contributed by atoms with Crippen molar-refractivity contribution in [3.05, 3.63) is 47.1 Å². The highest BCUT2D eigenvalue weighted by atomic mass is 35.5. The van der Waals surface area contributed by atoms with Crippen LogP contribution in [0.5, 0.6) is 5.75 Å². The lowest BCUT2D eigenvalue weighted by molar-refractivity contribution is -0.115. The number of thioether (sulfide) groups is 1. The summed E-state index contributed by atoms with van der Waals surface area (Å²) in [5, 5.41) is 3.34. The molecule has 0 radical (unpaired) electrons. The number of carbonyl (C=O) groups is 1. The van der Waals surface area contributed by atoms with E-state index in [1.165, 1.54) is 24.6 Å². The number of hydrogen-bond acceptors (Lipinski definition) is 6. The summed E-state index contributed by atoms with van der Waals surface area (Å²) in [6, 6.07) is 11.2. The molecular formula is C19H20ClN3O3S. The van der Waals surface area contributed by atoms with Crippen LogP contribution in [-0.2, 0) is 4.79 Å². The van der Waals surface area contributed by atoms with Crippen molar-refractivity contribution in [2.45, 2.75) is 12.8 Å². The largest absolute Gasteiger partial charge is 0.497 e. The normalized spacial score (nSPS) is 19.4. The zero-order valence-corrected chi connectivity index (χ0v) is 16.4. The summed E-state index contributed by atoms with van der Waals surface area (Å²) in [5.74, 6) is 2.14. The molecular weight excluding hydrogens is 386 g/mol. The molecule has 3 heterocycles. The van der Waals surface area contributed by atoms with Gasteiger partial charge in [-0.2, -0.15) is 0 Å². The lowest BCUT2D eigenvalue weighted by Crippen LogP contribution is -2.19. The first-order valence-electron chi connectivity index (χ1n) is 8.50. The Labute approximate surface area is 168 Å². The van der Waals surface area contributed by atoms with Crippen LogP contribution in [0.2, 0.25) is 0 Å². The van der Waals surface area contributed by atoms with Crippen LogP contribution in [0.3, 0.4) is 0 Å². The highest BCUT2D eigenvalue weighted by molar-refractivity contribution is 8.18. The number of amides is 1. The molecule has 1 N–H and O–H groups in total. The summed E-state index contributed by atoms with van der Waals surface area (Å²) in [4.78, 5) is 19.4. The fourth-order valence-electron chi connectivity index (χ4n) is 2.91. The molecule has 0 bridgehead atoms. The van der Waals surface area contributed by atoms with Crippen molar-refractivity contribution in [1.82, 2.24) is 5.32 Å². The van der Waals surface area contributed by atoms with E-state index < -0.39 is 0 Å². The highest BCUT2D eigenvalue weighted by Crippen LogP contribution is 2.30. The minimum absolute atomic E-state index is 0. The van der Waals surface area contributed by atoms with Gasteiger partial charge in [0, 0.05) is 25.2 Å². The van der Waals surface area contributed by atoms with Gasteiger partial charge in [0.1, 0.15) is 11.5 Å². The summed E-state index contributed by atoms with van der Waals surface area (Å²) >= 11 is 1.31. The lowest BCUT2D eigenvalue weighted by atomic mass is 10.3. The maximum Gasteiger partial charge on any atom is 0.264 e. The van der Waals surface area contributed by atoms with E-state index in [4.69, 9.17) is 9.15 Å². The highest BCUT2D eigenvalue weighted by Gasteiger charge is 2.24. The van der Waals surface area contributed by atoms with Crippen LogP contribution in [0.4, 0.5) is 11.6 Å². The topological polar surface area (TPSA) is 67.1 Å². The number of methoxy groups -OCH3 is 1. The fourth-order valence-corrected chi connectivity index (χ4v) is 3.73.